The molecule has 2 aromatic rings. The van der Waals surface area contributed by atoms with E-state index in [9.17, 15) is 0 Å². The van der Waals surface area contributed by atoms with Crippen LogP contribution in [0.3, 0.4) is 0 Å². The Bertz CT molecular complexity index is 618. The third-order valence-electron chi connectivity index (χ3n) is 3.12. The number of nitrogens with zero attached hydrogens (tertiary/aromatic N) is 4. The summed E-state index contributed by atoms with van der Waals surface area (Å²) in [4.78, 5) is 11.1. The average Bonchev–Trinajstić information content (AvgIpc) is 2.84. The zero-order valence-corrected chi connectivity index (χ0v) is 12.0. The smallest absolute Gasteiger partial charge is 0.186 e. The van der Waals surface area contributed by atoms with Crippen LogP contribution in [0.5, 0.6) is 0 Å². The molecule has 0 radical (unpaired) electrons. The van der Waals surface area contributed by atoms with E-state index in [1.54, 1.807) is 17.5 Å². The molecule has 3 rings (SSSR count). The normalized spacial score (nSPS) is 20.0. The fourth-order valence-electron chi connectivity index (χ4n) is 2.20. The number of piperidine rings is 1. The van der Waals surface area contributed by atoms with E-state index in [0.717, 1.165) is 45.9 Å². The first-order valence-electron chi connectivity index (χ1n) is 5.83. The van der Waals surface area contributed by atoms with E-state index in [0.29, 0.717) is 0 Å². The molecule has 0 aromatic carbocycles. The van der Waals surface area contributed by atoms with Crippen molar-refractivity contribution >= 4 is 42.6 Å². The lowest BCUT2D eigenvalue weighted by molar-refractivity contribution is 0.493. The number of fused-ring (bicyclic) bond motifs is 1. The molecule has 3 heterocycles. The Hall–Kier alpha value is -1.19. The van der Waals surface area contributed by atoms with Crippen LogP contribution in [0.25, 0.3) is 10.2 Å². The third kappa shape index (κ3) is 2.08. The molecule has 1 aliphatic rings. The standard InChI is InChI=1S/C12H11BrN4S/c13-11-10-9(3-4-15-11)16-12(18-10)17-5-1-2-8(6-14)7-17/h3-4,8H,1-2,5,7H2/t8-/m1/s1. The molecular weight excluding hydrogens is 312 g/mol. The summed E-state index contributed by atoms with van der Waals surface area (Å²) < 4.78 is 1.92. The first kappa shape index (κ1) is 11.9. The fourth-order valence-corrected chi connectivity index (χ4v) is 3.75. The van der Waals surface area contributed by atoms with Crippen LogP contribution in [0.2, 0.25) is 0 Å². The summed E-state index contributed by atoms with van der Waals surface area (Å²) in [6.45, 7) is 1.78. The van der Waals surface area contributed by atoms with E-state index in [4.69, 9.17) is 5.26 Å². The quantitative estimate of drug-likeness (QED) is 0.756. The van der Waals surface area contributed by atoms with E-state index in [1.807, 2.05) is 6.07 Å². The number of pyridine rings is 1. The molecule has 18 heavy (non-hydrogen) atoms. The van der Waals surface area contributed by atoms with Crippen molar-refractivity contribution in [2.75, 3.05) is 18.0 Å². The van der Waals surface area contributed by atoms with Crippen molar-refractivity contribution in [3.05, 3.63) is 16.9 Å². The molecule has 4 nitrogen and oxygen atoms in total. The van der Waals surface area contributed by atoms with Crippen molar-refractivity contribution in [2.24, 2.45) is 5.92 Å². The van der Waals surface area contributed by atoms with Crippen LogP contribution in [-0.2, 0) is 0 Å². The van der Waals surface area contributed by atoms with Crippen LogP contribution >= 0.6 is 27.3 Å². The van der Waals surface area contributed by atoms with Crippen LogP contribution < -0.4 is 4.90 Å². The second-order valence-corrected chi connectivity index (χ2v) is 6.09. The van der Waals surface area contributed by atoms with Gasteiger partial charge < -0.3 is 4.90 Å². The predicted molar refractivity (Wildman–Crippen MR) is 75.7 cm³/mol. The minimum absolute atomic E-state index is 0.132. The highest BCUT2D eigenvalue weighted by atomic mass is 79.9. The largest absolute Gasteiger partial charge is 0.347 e. The fraction of sp³-hybridized carbons (Fsp3) is 0.417. The minimum atomic E-state index is 0.132. The summed E-state index contributed by atoms with van der Waals surface area (Å²) in [5, 5.41) is 10.0. The first-order chi connectivity index (χ1) is 8.78. The highest BCUT2D eigenvalue weighted by Gasteiger charge is 2.22. The summed E-state index contributed by atoms with van der Waals surface area (Å²) in [6.07, 6.45) is 3.82. The zero-order valence-electron chi connectivity index (χ0n) is 9.64. The van der Waals surface area contributed by atoms with Crippen LogP contribution in [0, 0.1) is 17.2 Å². The maximum atomic E-state index is 9.03. The van der Waals surface area contributed by atoms with E-state index >= 15 is 0 Å². The molecule has 1 saturated heterocycles. The molecule has 1 atom stereocenters. The lowest BCUT2D eigenvalue weighted by Gasteiger charge is -2.28. The molecule has 0 amide bonds. The van der Waals surface area contributed by atoms with Gasteiger partial charge in [-0.25, -0.2) is 9.97 Å². The highest BCUT2D eigenvalue weighted by molar-refractivity contribution is 9.10. The molecule has 0 bridgehead atoms. The SMILES string of the molecule is N#C[C@H]1CCCN(c2nc3ccnc(Br)c3s2)C1. The van der Waals surface area contributed by atoms with Crippen LogP contribution in [0.1, 0.15) is 12.8 Å². The van der Waals surface area contributed by atoms with Gasteiger partial charge >= 0.3 is 0 Å². The van der Waals surface area contributed by atoms with Gasteiger partial charge in [0.25, 0.3) is 0 Å². The molecule has 0 spiro atoms. The second-order valence-electron chi connectivity index (χ2n) is 4.36. The van der Waals surface area contributed by atoms with Crippen molar-refractivity contribution < 1.29 is 0 Å². The van der Waals surface area contributed by atoms with Crippen LogP contribution in [0.4, 0.5) is 5.13 Å². The topological polar surface area (TPSA) is 52.8 Å². The number of hydrogen-bond acceptors (Lipinski definition) is 5. The molecule has 0 saturated carbocycles. The highest BCUT2D eigenvalue weighted by Crippen LogP contribution is 2.34. The number of halogens is 1. The Labute approximate surface area is 117 Å². The monoisotopic (exact) mass is 322 g/mol. The van der Waals surface area contributed by atoms with Crippen molar-refractivity contribution in [1.82, 2.24) is 9.97 Å². The molecule has 2 aromatic heterocycles. The Morgan fingerprint density at radius 1 is 1.56 bits per heavy atom. The lowest BCUT2D eigenvalue weighted by atomic mass is 10.0. The van der Waals surface area contributed by atoms with E-state index < -0.39 is 0 Å². The summed E-state index contributed by atoms with van der Waals surface area (Å²) in [5.74, 6) is 0.132. The van der Waals surface area contributed by atoms with Gasteiger partial charge in [0.15, 0.2) is 5.13 Å². The van der Waals surface area contributed by atoms with E-state index in [2.05, 4.69) is 36.9 Å². The molecule has 0 aliphatic carbocycles. The Balaban J connectivity index is 1.95. The number of rotatable bonds is 1. The number of aromatic nitrogens is 2. The summed E-state index contributed by atoms with van der Waals surface area (Å²) in [5.41, 5.74) is 0.968. The summed E-state index contributed by atoms with van der Waals surface area (Å²) in [6, 6.07) is 4.28. The summed E-state index contributed by atoms with van der Waals surface area (Å²) >= 11 is 5.09. The number of anilines is 1. The zero-order chi connectivity index (χ0) is 12.5. The van der Waals surface area contributed by atoms with Gasteiger partial charge in [-0.1, -0.05) is 11.3 Å². The third-order valence-corrected chi connectivity index (χ3v) is 5.13. The summed E-state index contributed by atoms with van der Waals surface area (Å²) in [7, 11) is 0. The van der Waals surface area contributed by atoms with Crippen LogP contribution in [0.15, 0.2) is 16.9 Å². The molecule has 0 unspecified atom stereocenters. The molecule has 0 N–H and O–H groups in total. The van der Waals surface area contributed by atoms with Crippen molar-refractivity contribution in [3.8, 4) is 6.07 Å². The van der Waals surface area contributed by atoms with E-state index in [-0.39, 0.29) is 5.92 Å². The second kappa shape index (κ2) is 4.82. The Morgan fingerprint density at radius 3 is 3.22 bits per heavy atom. The van der Waals surface area contributed by atoms with Gasteiger partial charge in [-0.05, 0) is 34.8 Å². The predicted octanol–water partition coefficient (Wildman–Crippen LogP) is 3.19. The van der Waals surface area contributed by atoms with Gasteiger partial charge in [-0.3, -0.25) is 0 Å². The molecule has 92 valence electrons. The van der Waals surface area contributed by atoms with Gasteiger partial charge in [0, 0.05) is 19.3 Å². The van der Waals surface area contributed by atoms with Crippen LogP contribution in [-0.4, -0.2) is 23.1 Å². The molecule has 1 aliphatic heterocycles. The van der Waals surface area contributed by atoms with Gasteiger partial charge in [0.2, 0.25) is 0 Å². The average molecular weight is 323 g/mol. The van der Waals surface area contributed by atoms with Crippen molar-refractivity contribution in [3.63, 3.8) is 0 Å². The van der Waals surface area contributed by atoms with Gasteiger partial charge in [-0.2, -0.15) is 5.26 Å². The lowest BCUT2D eigenvalue weighted by Crippen LogP contribution is -2.34. The minimum Gasteiger partial charge on any atom is -0.347 e. The van der Waals surface area contributed by atoms with Gasteiger partial charge in [-0.15, -0.1) is 0 Å². The molecule has 1 fully saturated rings. The van der Waals surface area contributed by atoms with Crippen molar-refractivity contribution in [1.29, 1.82) is 5.26 Å². The maximum absolute atomic E-state index is 9.03. The van der Waals surface area contributed by atoms with Gasteiger partial charge in [0.1, 0.15) is 4.60 Å². The maximum Gasteiger partial charge on any atom is 0.186 e. The van der Waals surface area contributed by atoms with Crippen molar-refractivity contribution in [2.45, 2.75) is 12.8 Å². The number of nitriles is 1. The Morgan fingerprint density at radius 2 is 2.44 bits per heavy atom. The molecule has 6 heteroatoms. The molecular formula is C12H11BrN4S. The first-order valence-corrected chi connectivity index (χ1v) is 7.44. The Kier molecular flexibility index (Phi) is 3.18. The van der Waals surface area contributed by atoms with Gasteiger partial charge in [0.05, 0.1) is 22.2 Å². The van der Waals surface area contributed by atoms with E-state index in [1.165, 1.54) is 0 Å². The number of hydrogen-bond donors (Lipinski definition) is 0. The number of thiazole rings is 1.